The van der Waals surface area contributed by atoms with E-state index in [4.69, 9.17) is 0 Å². The highest BCUT2D eigenvalue weighted by molar-refractivity contribution is 6.07. The van der Waals surface area contributed by atoms with Gasteiger partial charge in [-0.25, -0.2) is 9.97 Å². The lowest BCUT2D eigenvalue weighted by Gasteiger charge is -2.09. The number of fused-ring (bicyclic) bond motifs is 3. The molecule has 0 fully saturated rings. The summed E-state index contributed by atoms with van der Waals surface area (Å²) in [6.07, 6.45) is 7.18. The van der Waals surface area contributed by atoms with Crippen LogP contribution in [0.25, 0.3) is 21.7 Å². The van der Waals surface area contributed by atoms with Crippen LogP contribution in [0.1, 0.15) is 11.1 Å². The maximum Gasteiger partial charge on any atom is 0.116 e. The van der Waals surface area contributed by atoms with Crippen molar-refractivity contribution in [3.05, 3.63) is 42.1 Å². The molecule has 0 saturated heterocycles. The molecule has 2 heterocycles. The molecule has 3 heteroatoms. The third-order valence-corrected chi connectivity index (χ3v) is 3.16. The van der Waals surface area contributed by atoms with E-state index in [1.54, 1.807) is 12.5 Å². The molecule has 16 heavy (non-hydrogen) atoms. The molecule has 0 amide bonds. The summed E-state index contributed by atoms with van der Waals surface area (Å²) in [6, 6.07) is 2.01. The smallest absolute Gasteiger partial charge is 0.116 e. The van der Waals surface area contributed by atoms with E-state index in [1.165, 1.54) is 16.5 Å². The molecule has 0 aliphatic carbocycles. The van der Waals surface area contributed by atoms with Gasteiger partial charge in [0.2, 0.25) is 0 Å². The summed E-state index contributed by atoms with van der Waals surface area (Å²) in [5.74, 6) is 0. The van der Waals surface area contributed by atoms with Crippen LogP contribution in [0, 0.1) is 13.8 Å². The molecule has 0 aliphatic rings. The summed E-state index contributed by atoms with van der Waals surface area (Å²) >= 11 is 0. The fourth-order valence-electron chi connectivity index (χ4n) is 2.12. The van der Waals surface area contributed by atoms with Crippen LogP contribution in [0.3, 0.4) is 0 Å². The standard InChI is InChI=1S/C13H11N3/c1-8-9(2)12-6-15-7-16-13(12)10-3-4-14-5-11(8)10/h3-7H,1-2H3. The van der Waals surface area contributed by atoms with Gasteiger partial charge in [0.25, 0.3) is 0 Å². The molecule has 3 rings (SSSR count). The molecule has 0 atom stereocenters. The van der Waals surface area contributed by atoms with Gasteiger partial charge in [-0.1, -0.05) is 0 Å². The number of nitrogens with zero attached hydrogens (tertiary/aromatic N) is 3. The third kappa shape index (κ3) is 1.11. The van der Waals surface area contributed by atoms with E-state index in [9.17, 15) is 0 Å². The molecule has 0 spiro atoms. The molecule has 0 radical (unpaired) electrons. The maximum atomic E-state index is 4.37. The molecule has 78 valence electrons. The number of aryl methyl sites for hydroxylation is 2. The number of rotatable bonds is 0. The highest BCUT2D eigenvalue weighted by Crippen LogP contribution is 2.29. The van der Waals surface area contributed by atoms with Crippen LogP contribution >= 0.6 is 0 Å². The Morgan fingerprint density at radius 3 is 2.50 bits per heavy atom. The van der Waals surface area contributed by atoms with Gasteiger partial charge < -0.3 is 0 Å². The first kappa shape index (κ1) is 9.21. The molecule has 0 N–H and O–H groups in total. The largest absolute Gasteiger partial charge is 0.264 e. The Kier molecular flexibility index (Phi) is 1.86. The molecule has 0 bridgehead atoms. The molecular weight excluding hydrogens is 198 g/mol. The van der Waals surface area contributed by atoms with E-state index in [-0.39, 0.29) is 0 Å². The van der Waals surface area contributed by atoms with Gasteiger partial charge >= 0.3 is 0 Å². The van der Waals surface area contributed by atoms with Crippen molar-refractivity contribution in [1.82, 2.24) is 15.0 Å². The van der Waals surface area contributed by atoms with Crippen molar-refractivity contribution in [2.45, 2.75) is 13.8 Å². The van der Waals surface area contributed by atoms with Gasteiger partial charge in [-0.05, 0) is 31.0 Å². The lowest BCUT2D eigenvalue weighted by atomic mass is 9.98. The van der Waals surface area contributed by atoms with Crippen molar-refractivity contribution in [3.63, 3.8) is 0 Å². The average Bonchev–Trinajstić information content (AvgIpc) is 2.36. The zero-order chi connectivity index (χ0) is 11.1. The summed E-state index contributed by atoms with van der Waals surface area (Å²) in [5.41, 5.74) is 3.50. The first-order chi connectivity index (χ1) is 7.79. The van der Waals surface area contributed by atoms with E-state index in [0.717, 1.165) is 16.3 Å². The highest BCUT2D eigenvalue weighted by atomic mass is 14.8. The van der Waals surface area contributed by atoms with Crippen molar-refractivity contribution in [1.29, 1.82) is 0 Å². The second-order valence-electron chi connectivity index (χ2n) is 3.96. The summed E-state index contributed by atoms with van der Waals surface area (Å²) in [5, 5.41) is 3.44. The van der Waals surface area contributed by atoms with Gasteiger partial charge in [-0.3, -0.25) is 4.98 Å². The molecule has 3 aromatic rings. The van der Waals surface area contributed by atoms with Crippen molar-refractivity contribution in [3.8, 4) is 0 Å². The first-order valence-electron chi connectivity index (χ1n) is 5.21. The van der Waals surface area contributed by atoms with Crippen LogP contribution in [-0.2, 0) is 0 Å². The minimum Gasteiger partial charge on any atom is -0.264 e. The van der Waals surface area contributed by atoms with Crippen molar-refractivity contribution in [2.75, 3.05) is 0 Å². The number of benzene rings is 1. The minimum atomic E-state index is 1.01. The van der Waals surface area contributed by atoms with Gasteiger partial charge in [0.1, 0.15) is 6.33 Å². The van der Waals surface area contributed by atoms with Crippen molar-refractivity contribution < 1.29 is 0 Å². The van der Waals surface area contributed by atoms with E-state index >= 15 is 0 Å². The third-order valence-electron chi connectivity index (χ3n) is 3.16. The topological polar surface area (TPSA) is 38.7 Å². The zero-order valence-corrected chi connectivity index (χ0v) is 9.23. The molecule has 1 aromatic carbocycles. The van der Waals surface area contributed by atoms with Crippen LogP contribution in [0.4, 0.5) is 0 Å². The van der Waals surface area contributed by atoms with Crippen LogP contribution in [0.15, 0.2) is 31.0 Å². The van der Waals surface area contributed by atoms with E-state index in [1.807, 2.05) is 18.5 Å². The van der Waals surface area contributed by atoms with Crippen LogP contribution in [-0.4, -0.2) is 15.0 Å². The fraction of sp³-hybridized carbons (Fsp3) is 0.154. The number of aromatic nitrogens is 3. The second kappa shape index (κ2) is 3.23. The van der Waals surface area contributed by atoms with Crippen LogP contribution < -0.4 is 0 Å². The average molecular weight is 209 g/mol. The summed E-state index contributed by atoms with van der Waals surface area (Å²) < 4.78 is 0. The van der Waals surface area contributed by atoms with Gasteiger partial charge in [-0.2, -0.15) is 0 Å². The molecule has 0 unspecified atom stereocenters. The summed E-state index contributed by atoms with van der Waals surface area (Å²) in [7, 11) is 0. The SMILES string of the molecule is Cc1c(C)c2cncnc2c2ccncc12. The Bertz CT molecular complexity index is 628. The lowest BCUT2D eigenvalue weighted by Crippen LogP contribution is -1.91. The number of hydrogen-bond donors (Lipinski definition) is 0. The Hall–Kier alpha value is -2.03. The zero-order valence-electron chi connectivity index (χ0n) is 9.23. The van der Waals surface area contributed by atoms with Crippen molar-refractivity contribution in [2.24, 2.45) is 0 Å². The Morgan fingerprint density at radius 1 is 0.875 bits per heavy atom. The molecule has 3 nitrogen and oxygen atoms in total. The van der Waals surface area contributed by atoms with E-state index in [0.29, 0.717) is 0 Å². The Morgan fingerprint density at radius 2 is 1.62 bits per heavy atom. The summed E-state index contributed by atoms with van der Waals surface area (Å²) in [4.78, 5) is 12.6. The molecular formula is C13H11N3. The fourth-order valence-corrected chi connectivity index (χ4v) is 2.12. The summed E-state index contributed by atoms with van der Waals surface area (Å²) in [6.45, 7) is 4.22. The van der Waals surface area contributed by atoms with Gasteiger partial charge in [0, 0.05) is 34.7 Å². The van der Waals surface area contributed by atoms with Gasteiger partial charge in [0.15, 0.2) is 0 Å². The van der Waals surface area contributed by atoms with Gasteiger partial charge in [-0.15, -0.1) is 0 Å². The number of pyridine rings is 1. The van der Waals surface area contributed by atoms with Crippen molar-refractivity contribution >= 4 is 21.7 Å². The Labute approximate surface area is 93.2 Å². The predicted octanol–water partition coefficient (Wildman–Crippen LogP) is 2.79. The molecule has 2 aromatic heterocycles. The highest BCUT2D eigenvalue weighted by Gasteiger charge is 2.08. The van der Waals surface area contributed by atoms with E-state index in [2.05, 4.69) is 28.8 Å². The van der Waals surface area contributed by atoms with Crippen LogP contribution in [0.2, 0.25) is 0 Å². The number of hydrogen-bond acceptors (Lipinski definition) is 3. The quantitative estimate of drug-likeness (QED) is 0.534. The molecule has 0 saturated carbocycles. The monoisotopic (exact) mass is 209 g/mol. The minimum absolute atomic E-state index is 1.01. The maximum absolute atomic E-state index is 4.37. The van der Waals surface area contributed by atoms with E-state index < -0.39 is 0 Å². The first-order valence-corrected chi connectivity index (χ1v) is 5.21. The molecule has 0 aliphatic heterocycles. The normalized spacial score (nSPS) is 11.1. The lowest BCUT2D eigenvalue weighted by molar-refractivity contribution is 1.21. The second-order valence-corrected chi connectivity index (χ2v) is 3.96. The van der Waals surface area contributed by atoms with Gasteiger partial charge in [0.05, 0.1) is 5.52 Å². The Balaban J connectivity index is 2.69. The van der Waals surface area contributed by atoms with Crippen LogP contribution in [0.5, 0.6) is 0 Å². The predicted molar refractivity (Wildman–Crippen MR) is 64.3 cm³/mol.